The Morgan fingerprint density at radius 1 is 1.03 bits per heavy atom. The standard InChI is InChI=1S/C26H32N4O3S/c1-5-21-11-9-10-18(2)24(21)27-26(31)22-14-16-29(17-15-22)34(32,33)25-19(3)28-30(20(25)4)23-12-7-6-8-13-23/h6-13,22H,5,14-17H2,1-4H3,(H,27,31). The molecule has 1 aliphatic rings. The lowest BCUT2D eigenvalue weighted by Gasteiger charge is -2.31. The van der Waals surface area contributed by atoms with E-state index in [0.29, 0.717) is 37.3 Å². The maximum absolute atomic E-state index is 13.5. The van der Waals surface area contributed by atoms with Crippen LogP contribution in [0.4, 0.5) is 5.69 Å². The van der Waals surface area contributed by atoms with Crippen molar-refractivity contribution >= 4 is 21.6 Å². The van der Waals surface area contributed by atoms with Crippen molar-refractivity contribution in [3.05, 3.63) is 71.0 Å². The smallest absolute Gasteiger partial charge is 0.246 e. The Morgan fingerprint density at radius 2 is 1.71 bits per heavy atom. The van der Waals surface area contributed by atoms with Crippen LogP contribution in [0, 0.1) is 26.7 Å². The number of nitrogens with one attached hydrogen (secondary N) is 1. The Kier molecular flexibility index (Phi) is 6.91. The summed E-state index contributed by atoms with van der Waals surface area (Å²) in [5, 5.41) is 7.61. The molecule has 0 aliphatic carbocycles. The highest BCUT2D eigenvalue weighted by molar-refractivity contribution is 7.89. The molecule has 1 amide bonds. The molecule has 8 heteroatoms. The van der Waals surface area contributed by atoms with Gasteiger partial charge in [0.2, 0.25) is 15.9 Å². The van der Waals surface area contributed by atoms with Gasteiger partial charge in [0.25, 0.3) is 0 Å². The summed E-state index contributed by atoms with van der Waals surface area (Å²) < 4.78 is 30.3. The Bertz CT molecular complexity index is 1290. The first-order valence-corrected chi connectivity index (χ1v) is 13.2. The molecule has 34 heavy (non-hydrogen) atoms. The van der Waals surface area contributed by atoms with Crippen molar-refractivity contribution in [2.75, 3.05) is 18.4 Å². The molecule has 0 bridgehead atoms. The van der Waals surface area contributed by atoms with E-state index in [9.17, 15) is 13.2 Å². The molecule has 0 atom stereocenters. The third-order valence-corrected chi connectivity index (χ3v) is 8.79. The lowest BCUT2D eigenvalue weighted by molar-refractivity contribution is -0.120. The quantitative estimate of drug-likeness (QED) is 0.567. The van der Waals surface area contributed by atoms with Crippen LogP contribution in [0.3, 0.4) is 0 Å². The van der Waals surface area contributed by atoms with Gasteiger partial charge in [-0.1, -0.05) is 43.3 Å². The fourth-order valence-corrected chi connectivity index (χ4v) is 6.56. The normalized spacial score (nSPS) is 15.4. The van der Waals surface area contributed by atoms with Gasteiger partial charge in [-0.05, 0) is 63.3 Å². The monoisotopic (exact) mass is 480 g/mol. The molecule has 0 radical (unpaired) electrons. The molecule has 3 aromatic rings. The minimum absolute atomic E-state index is 0.0368. The summed E-state index contributed by atoms with van der Waals surface area (Å²) in [6, 6.07) is 15.5. The zero-order valence-corrected chi connectivity index (χ0v) is 21.0. The number of aryl methyl sites for hydroxylation is 3. The van der Waals surface area contributed by atoms with Crippen LogP contribution < -0.4 is 5.32 Å². The average Bonchev–Trinajstić information content (AvgIpc) is 3.15. The predicted molar refractivity (Wildman–Crippen MR) is 134 cm³/mol. The first-order chi connectivity index (χ1) is 16.2. The molecule has 0 saturated carbocycles. The number of hydrogen-bond acceptors (Lipinski definition) is 4. The van der Waals surface area contributed by atoms with Crippen molar-refractivity contribution in [2.24, 2.45) is 5.92 Å². The van der Waals surface area contributed by atoms with Crippen molar-refractivity contribution < 1.29 is 13.2 Å². The highest BCUT2D eigenvalue weighted by Crippen LogP contribution is 2.30. The zero-order chi connectivity index (χ0) is 24.5. The van der Waals surface area contributed by atoms with E-state index in [0.717, 1.165) is 28.9 Å². The number of hydrogen-bond donors (Lipinski definition) is 1. The van der Waals surface area contributed by atoms with Crippen molar-refractivity contribution in [3.8, 4) is 5.69 Å². The molecule has 7 nitrogen and oxygen atoms in total. The molecule has 1 aliphatic heterocycles. The van der Waals surface area contributed by atoms with E-state index < -0.39 is 10.0 Å². The number of carbonyl (C=O) groups is 1. The van der Waals surface area contributed by atoms with E-state index in [1.54, 1.807) is 18.5 Å². The molecule has 0 unspecified atom stereocenters. The number of sulfonamides is 1. The van der Waals surface area contributed by atoms with Gasteiger partial charge in [0.1, 0.15) is 4.90 Å². The summed E-state index contributed by atoms with van der Waals surface area (Å²) in [4.78, 5) is 13.2. The number of rotatable bonds is 6. The van der Waals surface area contributed by atoms with Gasteiger partial charge in [-0.2, -0.15) is 9.40 Å². The second-order valence-corrected chi connectivity index (χ2v) is 10.8. The highest BCUT2D eigenvalue weighted by atomic mass is 32.2. The van der Waals surface area contributed by atoms with Gasteiger partial charge in [-0.3, -0.25) is 4.79 Å². The maximum Gasteiger partial charge on any atom is 0.246 e. The van der Waals surface area contributed by atoms with Gasteiger partial charge >= 0.3 is 0 Å². The Labute approximate surface area is 201 Å². The molecular formula is C26H32N4O3S. The van der Waals surface area contributed by atoms with E-state index >= 15 is 0 Å². The number of amides is 1. The van der Waals surface area contributed by atoms with Crippen LogP contribution in [0.1, 0.15) is 42.3 Å². The predicted octanol–water partition coefficient (Wildman–Crippen LogP) is 4.40. The number of para-hydroxylation sites is 2. The van der Waals surface area contributed by atoms with Gasteiger partial charge in [-0.25, -0.2) is 13.1 Å². The van der Waals surface area contributed by atoms with Crippen molar-refractivity contribution in [2.45, 2.75) is 51.9 Å². The number of nitrogens with zero attached hydrogens (tertiary/aromatic N) is 3. The molecule has 1 aromatic heterocycles. The summed E-state index contributed by atoms with van der Waals surface area (Å²) in [7, 11) is -3.72. The largest absolute Gasteiger partial charge is 0.325 e. The van der Waals surface area contributed by atoms with Gasteiger partial charge in [-0.15, -0.1) is 0 Å². The Balaban J connectivity index is 1.48. The maximum atomic E-state index is 13.5. The SMILES string of the molecule is CCc1cccc(C)c1NC(=O)C1CCN(S(=O)(=O)c2c(C)nn(-c3ccccc3)c2C)CC1. The molecule has 1 N–H and O–H groups in total. The number of carbonyl (C=O) groups excluding carboxylic acids is 1. The van der Waals surface area contributed by atoms with Gasteiger partial charge in [0.15, 0.2) is 0 Å². The van der Waals surface area contributed by atoms with Crippen molar-refractivity contribution in [1.82, 2.24) is 14.1 Å². The van der Waals surface area contributed by atoms with E-state index in [1.807, 2.05) is 55.5 Å². The van der Waals surface area contributed by atoms with Crippen molar-refractivity contribution in [1.29, 1.82) is 0 Å². The number of aromatic nitrogens is 2. The van der Waals surface area contributed by atoms with Gasteiger partial charge in [0.05, 0.1) is 17.1 Å². The minimum Gasteiger partial charge on any atom is -0.325 e. The summed E-state index contributed by atoms with van der Waals surface area (Å²) in [5.41, 5.74) is 4.92. The highest BCUT2D eigenvalue weighted by Gasteiger charge is 2.35. The second kappa shape index (κ2) is 9.72. The van der Waals surface area contributed by atoms with Crippen LogP contribution >= 0.6 is 0 Å². The molecule has 1 saturated heterocycles. The van der Waals surface area contributed by atoms with Gasteiger partial charge < -0.3 is 5.32 Å². The van der Waals surface area contributed by atoms with Crippen molar-refractivity contribution in [3.63, 3.8) is 0 Å². The average molecular weight is 481 g/mol. The number of piperidine rings is 1. The Morgan fingerprint density at radius 3 is 2.35 bits per heavy atom. The van der Waals surface area contributed by atoms with E-state index in [1.165, 1.54) is 4.31 Å². The molecule has 0 spiro atoms. The zero-order valence-electron chi connectivity index (χ0n) is 20.2. The van der Waals surface area contributed by atoms with E-state index in [2.05, 4.69) is 17.3 Å². The molecule has 180 valence electrons. The van der Waals surface area contributed by atoms with Crippen LogP contribution in [-0.4, -0.2) is 41.5 Å². The summed E-state index contributed by atoms with van der Waals surface area (Å²) in [6.07, 6.45) is 1.82. The lowest BCUT2D eigenvalue weighted by atomic mass is 9.96. The molecule has 2 aromatic carbocycles. The topological polar surface area (TPSA) is 84.3 Å². The number of anilines is 1. The van der Waals surface area contributed by atoms with E-state index in [-0.39, 0.29) is 16.7 Å². The van der Waals surface area contributed by atoms with Crippen LogP contribution in [0.25, 0.3) is 5.69 Å². The molecule has 2 heterocycles. The van der Waals surface area contributed by atoms with E-state index in [4.69, 9.17) is 0 Å². The fourth-order valence-electron chi connectivity index (χ4n) is 4.74. The van der Waals surface area contributed by atoms with Crippen LogP contribution in [0.5, 0.6) is 0 Å². The van der Waals surface area contributed by atoms with Crippen LogP contribution in [-0.2, 0) is 21.2 Å². The fraction of sp³-hybridized carbons (Fsp3) is 0.385. The third kappa shape index (κ3) is 4.52. The lowest BCUT2D eigenvalue weighted by Crippen LogP contribution is -2.41. The van der Waals surface area contributed by atoms with Gasteiger partial charge in [0, 0.05) is 24.7 Å². The molecule has 4 rings (SSSR count). The first kappa shape index (κ1) is 24.2. The van der Waals surface area contributed by atoms with Crippen LogP contribution in [0.15, 0.2) is 53.4 Å². The second-order valence-electron chi connectivity index (χ2n) is 8.88. The molecular weight excluding hydrogens is 448 g/mol. The summed E-state index contributed by atoms with van der Waals surface area (Å²) in [6.45, 7) is 8.19. The molecule has 1 fully saturated rings. The van der Waals surface area contributed by atoms with Crippen LogP contribution in [0.2, 0.25) is 0 Å². The number of benzene rings is 2. The summed E-state index contributed by atoms with van der Waals surface area (Å²) in [5.74, 6) is -0.254. The Hall–Kier alpha value is -2.97. The first-order valence-electron chi connectivity index (χ1n) is 11.7. The minimum atomic E-state index is -3.72. The summed E-state index contributed by atoms with van der Waals surface area (Å²) >= 11 is 0. The third-order valence-electron chi connectivity index (χ3n) is 6.64.